The van der Waals surface area contributed by atoms with Gasteiger partial charge in [-0.3, -0.25) is 0 Å². The van der Waals surface area contributed by atoms with Crippen LogP contribution in [-0.4, -0.2) is 21.8 Å². The first-order valence-corrected chi connectivity index (χ1v) is 12.3. The lowest BCUT2D eigenvalue weighted by molar-refractivity contribution is 0.313. The van der Waals surface area contributed by atoms with Crippen molar-refractivity contribution in [1.82, 2.24) is 0 Å². The first kappa shape index (κ1) is 26.2. The maximum atomic E-state index is 9.45. The van der Waals surface area contributed by atoms with Gasteiger partial charge in [-0.1, -0.05) is 125 Å². The fraction of sp³-hybridized carbons (Fsp3) is 0.692. The van der Waals surface area contributed by atoms with Crippen molar-refractivity contribution in [2.75, 3.05) is 0 Å². The Labute approximate surface area is 184 Å². The van der Waals surface area contributed by atoms with Crippen LogP contribution in [-0.2, 0) is 6.42 Å². The van der Waals surface area contributed by atoms with Gasteiger partial charge in [0.05, 0.1) is 0 Å². The van der Waals surface area contributed by atoms with Crippen LogP contribution < -0.4 is 0 Å². The molecule has 0 atom stereocenters. The molecule has 1 aromatic carbocycles. The summed E-state index contributed by atoms with van der Waals surface area (Å²) in [6, 6.07) is 8.14. The van der Waals surface area contributed by atoms with Crippen molar-refractivity contribution in [3.63, 3.8) is 0 Å². The minimum atomic E-state index is 0.375. The van der Waals surface area contributed by atoms with E-state index in [1.54, 1.807) is 0 Å². The third-order valence-corrected chi connectivity index (χ3v) is 5.81. The summed E-state index contributed by atoms with van der Waals surface area (Å²) in [6.07, 6.45) is 19.6. The minimum absolute atomic E-state index is 0.375. The molecular weight excluding hydrogens is 372 g/mol. The summed E-state index contributed by atoms with van der Waals surface area (Å²) in [5, 5.41) is 25.6. The summed E-state index contributed by atoms with van der Waals surface area (Å²) in [7, 11) is 0. The molecule has 0 spiro atoms. The molecular formula is C26H44N2O2. The molecule has 0 amide bonds. The number of nitrogens with zero attached hydrogens (tertiary/aromatic N) is 2. The van der Waals surface area contributed by atoms with E-state index in [0.717, 1.165) is 37.7 Å². The number of unbranched alkanes of at least 4 members (excludes halogenated alkanes) is 12. The van der Waals surface area contributed by atoms with Crippen molar-refractivity contribution in [2.45, 2.75) is 117 Å². The van der Waals surface area contributed by atoms with Crippen molar-refractivity contribution < 1.29 is 10.4 Å². The Morgan fingerprint density at radius 1 is 0.633 bits per heavy atom. The normalized spacial score (nSPS) is 12.5. The molecule has 0 radical (unpaired) electrons. The average Bonchev–Trinajstić information content (AvgIpc) is 2.78. The summed E-state index contributed by atoms with van der Waals surface area (Å²) in [6.45, 7) is 4.43. The van der Waals surface area contributed by atoms with Gasteiger partial charge < -0.3 is 10.4 Å². The zero-order chi connectivity index (χ0) is 21.9. The molecule has 0 aromatic heterocycles. The highest BCUT2D eigenvalue weighted by molar-refractivity contribution is 6.48. The third-order valence-electron chi connectivity index (χ3n) is 5.81. The Kier molecular flexibility index (Phi) is 15.7. The smallest absolute Gasteiger partial charge is 0.134 e. The van der Waals surface area contributed by atoms with E-state index in [-0.39, 0.29) is 0 Å². The second-order valence-electron chi connectivity index (χ2n) is 8.43. The monoisotopic (exact) mass is 416 g/mol. The van der Waals surface area contributed by atoms with Gasteiger partial charge in [-0.05, 0) is 31.2 Å². The van der Waals surface area contributed by atoms with Crippen molar-refractivity contribution in [3.8, 4) is 0 Å². The Morgan fingerprint density at radius 2 is 1.13 bits per heavy atom. The third kappa shape index (κ3) is 11.4. The quantitative estimate of drug-likeness (QED) is 0.110. The molecule has 0 aliphatic carbocycles. The average molecular weight is 417 g/mol. The zero-order valence-electron chi connectivity index (χ0n) is 19.4. The van der Waals surface area contributed by atoms with Crippen molar-refractivity contribution in [3.05, 3.63) is 35.4 Å². The van der Waals surface area contributed by atoms with Crippen molar-refractivity contribution in [1.29, 1.82) is 0 Å². The highest BCUT2D eigenvalue weighted by Crippen LogP contribution is 2.15. The van der Waals surface area contributed by atoms with Crippen molar-refractivity contribution in [2.24, 2.45) is 10.3 Å². The van der Waals surface area contributed by atoms with Crippen LogP contribution in [0.4, 0.5) is 0 Å². The van der Waals surface area contributed by atoms with Crippen LogP contribution in [0.1, 0.15) is 121 Å². The highest BCUT2D eigenvalue weighted by atomic mass is 16.4. The molecule has 2 N–H and O–H groups in total. The van der Waals surface area contributed by atoms with E-state index in [2.05, 4.69) is 36.3 Å². The first-order valence-electron chi connectivity index (χ1n) is 12.3. The topological polar surface area (TPSA) is 65.2 Å². The van der Waals surface area contributed by atoms with Gasteiger partial charge in [0.25, 0.3) is 0 Å². The molecule has 0 unspecified atom stereocenters. The van der Waals surface area contributed by atoms with E-state index in [4.69, 9.17) is 0 Å². The molecule has 1 rings (SSSR count). The SMILES string of the molecule is CCCCCCCCCCCCc1ccc(C(=N\O)/C(CCCCCC)=N/O)cc1. The number of oxime groups is 2. The fourth-order valence-corrected chi connectivity index (χ4v) is 3.86. The van der Waals surface area contributed by atoms with E-state index in [0.29, 0.717) is 17.8 Å². The number of benzene rings is 1. The number of aryl methyl sites for hydroxylation is 1. The lowest BCUT2D eigenvalue weighted by Gasteiger charge is -2.08. The van der Waals surface area contributed by atoms with Crippen LogP contribution in [0, 0.1) is 0 Å². The zero-order valence-corrected chi connectivity index (χ0v) is 19.4. The number of rotatable bonds is 18. The maximum absolute atomic E-state index is 9.45. The van der Waals surface area contributed by atoms with Crippen LogP contribution in [0.5, 0.6) is 0 Å². The molecule has 0 saturated heterocycles. The molecule has 1 aromatic rings. The number of hydrogen-bond donors (Lipinski definition) is 2. The Bertz CT molecular complexity index is 594. The summed E-state index contributed by atoms with van der Waals surface area (Å²) < 4.78 is 0. The van der Waals surface area contributed by atoms with Gasteiger partial charge in [0, 0.05) is 5.56 Å². The van der Waals surface area contributed by atoms with Crippen LogP contribution >= 0.6 is 0 Å². The van der Waals surface area contributed by atoms with Gasteiger partial charge in [-0.2, -0.15) is 0 Å². The first-order chi connectivity index (χ1) is 14.8. The van der Waals surface area contributed by atoms with Gasteiger partial charge >= 0.3 is 0 Å². The highest BCUT2D eigenvalue weighted by Gasteiger charge is 2.13. The van der Waals surface area contributed by atoms with Crippen LogP contribution in [0.3, 0.4) is 0 Å². The van der Waals surface area contributed by atoms with Gasteiger partial charge in [-0.15, -0.1) is 0 Å². The fourth-order valence-electron chi connectivity index (χ4n) is 3.86. The van der Waals surface area contributed by atoms with E-state index in [1.807, 2.05) is 12.1 Å². The Hall–Kier alpha value is -1.84. The predicted octanol–water partition coefficient (Wildman–Crippen LogP) is 8.13. The van der Waals surface area contributed by atoms with Crippen LogP contribution in [0.2, 0.25) is 0 Å². The second-order valence-corrected chi connectivity index (χ2v) is 8.43. The molecule has 0 aliphatic heterocycles. The molecule has 0 heterocycles. The predicted molar refractivity (Wildman–Crippen MR) is 128 cm³/mol. The molecule has 0 saturated carbocycles. The van der Waals surface area contributed by atoms with Crippen LogP contribution in [0.15, 0.2) is 34.6 Å². The molecule has 0 bridgehead atoms. The second kappa shape index (κ2) is 18.0. The maximum Gasteiger partial charge on any atom is 0.134 e. The summed E-state index contributed by atoms with van der Waals surface area (Å²) >= 11 is 0. The molecule has 0 aliphatic rings. The molecule has 0 fully saturated rings. The summed E-state index contributed by atoms with van der Waals surface area (Å²) in [5.41, 5.74) is 2.93. The van der Waals surface area contributed by atoms with Crippen molar-refractivity contribution >= 4 is 11.4 Å². The van der Waals surface area contributed by atoms with Crippen LogP contribution in [0.25, 0.3) is 0 Å². The molecule has 30 heavy (non-hydrogen) atoms. The molecule has 4 nitrogen and oxygen atoms in total. The standard InChI is InChI=1S/C26H44N2O2/c1-3-5-7-9-10-11-12-13-14-15-17-23-19-21-24(22-20-23)26(28-30)25(27-29)18-16-8-6-4-2/h19-22,29-30H,3-18H2,1-2H3/b27-25+,28-26+. The summed E-state index contributed by atoms with van der Waals surface area (Å²) in [5.74, 6) is 0. The van der Waals surface area contributed by atoms with Gasteiger partial charge in [-0.25, -0.2) is 0 Å². The minimum Gasteiger partial charge on any atom is -0.411 e. The van der Waals surface area contributed by atoms with E-state index < -0.39 is 0 Å². The van der Waals surface area contributed by atoms with E-state index >= 15 is 0 Å². The lowest BCUT2D eigenvalue weighted by atomic mass is 9.98. The largest absolute Gasteiger partial charge is 0.411 e. The van der Waals surface area contributed by atoms with Gasteiger partial charge in [0.1, 0.15) is 11.4 Å². The lowest BCUT2D eigenvalue weighted by Crippen LogP contribution is -2.16. The molecule has 170 valence electrons. The number of hydrogen-bond acceptors (Lipinski definition) is 4. The summed E-state index contributed by atoms with van der Waals surface area (Å²) in [4.78, 5) is 0. The Morgan fingerprint density at radius 3 is 1.63 bits per heavy atom. The molecule has 4 heteroatoms. The Balaban J connectivity index is 2.32. The van der Waals surface area contributed by atoms with E-state index in [1.165, 1.54) is 69.8 Å². The van der Waals surface area contributed by atoms with Gasteiger partial charge in [0.2, 0.25) is 0 Å². The van der Waals surface area contributed by atoms with Gasteiger partial charge in [0.15, 0.2) is 0 Å². The van der Waals surface area contributed by atoms with E-state index in [9.17, 15) is 10.4 Å².